The van der Waals surface area contributed by atoms with E-state index in [1.165, 1.54) is 5.56 Å². The van der Waals surface area contributed by atoms with Crippen molar-refractivity contribution in [3.8, 4) is 0 Å². The van der Waals surface area contributed by atoms with E-state index in [2.05, 4.69) is 6.58 Å². The standard InChI is InChI=1S/C13H17NO2/c1-3-8-14(10-13(15)16)9-12-6-4-11(2)5-7-12/h3-7H,1,8-10H2,2H3,(H,15,16). The molecule has 0 aliphatic heterocycles. The van der Waals surface area contributed by atoms with E-state index >= 15 is 0 Å². The molecular weight excluding hydrogens is 202 g/mol. The van der Waals surface area contributed by atoms with Gasteiger partial charge in [-0.3, -0.25) is 0 Å². The average molecular weight is 219 g/mol. The smallest absolute Gasteiger partial charge is 0.118 e. The summed E-state index contributed by atoms with van der Waals surface area (Å²) in [6.07, 6.45) is 1.73. The number of quaternary nitrogens is 1. The molecule has 0 saturated heterocycles. The van der Waals surface area contributed by atoms with Crippen LogP contribution in [0.5, 0.6) is 0 Å². The summed E-state index contributed by atoms with van der Waals surface area (Å²) in [5, 5.41) is 10.6. The van der Waals surface area contributed by atoms with Gasteiger partial charge in [0, 0.05) is 5.56 Å². The molecule has 0 spiro atoms. The lowest BCUT2D eigenvalue weighted by Crippen LogP contribution is -3.11. The number of hydrogen-bond donors (Lipinski definition) is 1. The lowest BCUT2D eigenvalue weighted by molar-refractivity contribution is -0.902. The molecule has 0 heterocycles. The minimum Gasteiger partial charge on any atom is -0.544 e. The number of hydrogen-bond acceptors (Lipinski definition) is 2. The number of carboxylic acids is 1. The Hall–Kier alpha value is -1.61. The molecule has 3 nitrogen and oxygen atoms in total. The third-order valence-corrected chi connectivity index (χ3v) is 2.40. The van der Waals surface area contributed by atoms with E-state index in [1.54, 1.807) is 6.08 Å². The van der Waals surface area contributed by atoms with Crippen LogP contribution < -0.4 is 10.0 Å². The van der Waals surface area contributed by atoms with E-state index in [-0.39, 0.29) is 6.54 Å². The molecule has 3 heteroatoms. The van der Waals surface area contributed by atoms with Crippen molar-refractivity contribution in [3.05, 3.63) is 48.0 Å². The van der Waals surface area contributed by atoms with Crippen LogP contribution in [0.4, 0.5) is 0 Å². The summed E-state index contributed by atoms with van der Waals surface area (Å²) in [6, 6.07) is 8.10. The molecule has 0 radical (unpaired) electrons. The zero-order chi connectivity index (χ0) is 12.0. The summed E-state index contributed by atoms with van der Waals surface area (Å²) in [5.74, 6) is -1.02. The molecule has 0 aromatic heterocycles. The zero-order valence-electron chi connectivity index (χ0n) is 9.53. The van der Waals surface area contributed by atoms with Gasteiger partial charge in [0.05, 0.1) is 12.5 Å². The molecule has 1 aromatic rings. The lowest BCUT2D eigenvalue weighted by atomic mass is 10.1. The first-order chi connectivity index (χ1) is 7.61. The maximum absolute atomic E-state index is 10.6. The van der Waals surface area contributed by atoms with Gasteiger partial charge in [0.25, 0.3) is 0 Å². The normalized spacial score (nSPS) is 12.1. The molecule has 1 unspecified atom stereocenters. The minimum absolute atomic E-state index is 0.0138. The second-order valence-electron chi connectivity index (χ2n) is 3.95. The van der Waals surface area contributed by atoms with Crippen molar-refractivity contribution in [1.82, 2.24) is 0 Å². The Bertz CT molecular complexity index is 357. The molecule has 0 aliphatic carbocycles. The summed E-state index contributed by atoms with van der Waals surface area (Å²) < 4.78 is 0. The van der Waals surface area contributed by atoms with Gasteiger partial charge in [0.1, 0.15) is 13.1 Å². The Morgan fingerprint density at radius 2 is 2.06 bits per heavy atom. The van der Waals surface area contributed by atoms with Gasteiger partial charge in [0.15, 0.2) is 0 Å². The Balaban J connectivity index is 2.63. The highest BCUT2D eigenvalue weighted by atomic mass is 16.4. The van der Waals surface area contributed by atoms with Gasteiger partial charge in [-0.25, -0.2) is 0 Å². The number of benzene rings is 1. The van der Waals surface area contributed by atoms with Crippen LogP contribution in [-0.4, -0.2) is 19.1 Å². The summed E-state index contributed by atoms with van der Waals surface area (Å²) >= 11 is 0. The van der Waals surface area contributed by atoms with E-state index in [0.717, 1.165) is 10.5 Å². The quantitative estimate of drug-likeness (QED) is 0.644. The molecule has 0 amide bonds. The number of nitrogens with one attached hydrogen (secondary N) is 1. The molecule has 1 rings (SSSR count). The maximum Gasteiger partial charge on any atom is 0.118 e. The molecule has 0 bridgehead atoms. The predicted octanol–water partition coefficient (Wildman–Crippen LogP) is -0.684. The second-order valence-corrected chi connectivity index (χ2v) is 3.95. The Morgan fingerprint density at radius 1 is 1.44 bits per heavy atom. The van der Waals surface area contributed by atoms with E-state index < -0.39 is 5.97 Å². The van der Waals surface area contributed by atoms with Crippen LogP contribution in [0, 0.1) is 6.92 Å². The fourth-order valence-corrected chi connectivity index (χ4v) is 1.61. The van der Waals surface area contributed by atoms with Gasteiger partial charge in [-0.1, -0.05) is 36.4 Å². The first-order valence-corrected chi connectivity index (χ1v) is 5.31. The van der Waals surface area contributed by atoms with Gasteiger partial charge in [-0.2, -0.15) is 0 Å². The Kier molecular flexibility index (Phi) is 4.73. The van der Waals surface area contributed by atoms with Crippen molar-refractivity contribution < 1.29 is 14.8 Å². The van der Waals surface area contributed by atoms with Crippen LogP contribution in [-0.2, 0) is 11.3 Å². The van der Waals surface area contributed by atoms with Gasteiger partial charge < -0.3 is 14.8 Å². The highest BCUT2D eigenvalue weighted by Crippen LogP contribution is 2.01. The average Bonchev–Trinajstić information content (AvgIpc) is 2.21. The van der Waals surface area contributed by atoms with Gasteiger partial charge >= 0.3 is 0 Å². The molecule has 0 fully saturated rings. The van der Waals surface area contributed by atoms with Crippen LogP contribution in [0.15, 0.2) is 36.9 Å². The lowest BCUT2D eigenvalue weighted by Gasteiger charge is -2.18. The molecule has 1 atom stereocenters. The largest absolute Gasteiger partial charge is 0.544 e. The summed E-state index contributed by atoms with van der Waals surface area (Å²) in [7, 11) is 0. The van der Waals surface area contributed by atoms with E-state index in [9.17, 15) is 9.90 Å². The molecule has 1 aromatic carbocycles. The van der Waals surface area contributed by atoms with Crippen LogP contribution in [0.1, 0.15) is 11.1 Å². The number of rotatable bonds is 6. The number of aryl methyl sites for hydroxylation is 1. The summed E-state index contributed by atoms with van der Waals surface area (Å²) in [6.45, 7) is 6.98. The fourth-order valence-electron chi connectivity index (χ4n) is 1.61. The number of aliphatic carboxylic acids is 1. The zero-order valence-corrected chi connectivity index (χ0v) is 9.53. The third-order valence-electron chi connectivity index (χ3n) is 2.40. The maximum atomic E-state index is 10.6. The van der Waals surface area contributed by atoms with Crippen molar-refractivity contribution in [2.45, 2.75) is 13.5 Å². The minimum atomic E-state index is -1.02. The number of carbonyl (C=O) groups excluding carboxylic acids is 1. The van der Waals surface area contributed by atoms with E-state index in [4.69, 9.17) is 0 Å². The first-order valence-electron chi connectivity index (χ1n) is 5.31. The monoisotopic (exact) mass is 219 g/mol. The van der Waals surface area contributed by atoms with Gasteiger partial charge in [-0.15, -0.1) is 0 Å². The predicted molar refractivity (Wildman–Crippen MR) is 60.8 cm³/mol. The van der Waals surface area contributed by atoms with Crippen molar-refractivity contribution in [2.24, 2.45) is 0 Å². The molecule has 1 N–H and O–H groups in total. The van der Waals surface area contributed by atoms with Gasteiger partial charge in [0.2, 0.25) is 0 Å². The summed E-state index contributed by atoms with van der Waals surface area (Å²) in [5.41, 5.74) is 2.33. The van der Waals surface area contributed by atoms with Crippen LogP contribution in [0.2, 0.25) is 0 Å². The summed E-state index contributed by atoms with van der Waals surface area (Å²) in [4.78, 5) is 11.5. The topological polar surface area (TPSA) is 44.6 Å². The van der Waals surface area contributed by atoms with Crippen LogP contribution in [0.3, 0.4) is 0 Å². The van der Waals surface area contributed by atoms with Crippen molar-refractivity contribution >= 4 is 5.97 Å². The van der Waals surface area contributed by atoms with Crippen molar-refractivity contribution in [3.63, 3.8) is 0 Å². The number of carboxylic acid groups (broad SMARTS) is 1. The second kappa shape index (κ2) is 6.08. The molecule has 16 heavy (non-hydrogen) atoms. The highest BCUT2D eigenvalue weighted by molar-refractivity contribution is 5.65. The Labute approximate surface area is 96.0 Å². The number of carbonyl (C=O) groups is 1. The molecule has 86 valence electrons. The fraction of sp³-hybridized carbons (Fsp3) is 0.308. The van der Waals surface area contributed by atoms with Crippen LogP contribution in [0.25, 0.3) is 0 Å². The van der Waals surface area contributed by atoms with E-state index in [0.29, 0.717) is 13.1 Å². The van der Waals surface area contributed by atoms with Crippen molar-refractivity contribution in [1.29, 1.82) is 0 Å². The van der Waals surface area contributed by atoms with Crippen molar-refractivity contribution in [2.75, 3.05) is 13.1 Å². The molecule has 0 saturated carbocycles. The SMILES string of the molecule is C=CC[NH+](CC(=O)[O-])Cc1ccc(C)cc1. The highest BCUT2D eigenvalue weighted by Gasteiger charge is 2.07. The van der Waals surface area contributed by atoms with Crippen LogP contribution >= 0.6 is 0 Å². The van der Waals surface area contributed by atoms with Gasteiger partial charge in [-0.05, 0) is 13.0 Å². The third kappa shape index (κ3) is 4.28. The Morgan fingerprint density at radius 3 is 2.56 bits per heavy atom. The molecular formula is C13H17NO2. The molecule has 0 aliphatic rings. The van der Waals surface area contributed by atoms with E-state index in [1.807, 2.05) is 31.2 Å². The first kappa shape index (κ1) is 12.5.